The number of nitrogens with zero attached hydrogens (tertiary/aromatic N) is 1. The summed E-state index contributed by atoms with van der Waals surface area (Å²) in [5, 5.41) is 0.811. The first-order valence-corrected chi connectivity index (χ1v) is 8.33. The van der Waals surface area contributed by atoms with Crippen LogP contribution in [0.25, 0.3) is 0 Å². The Kier molecular flexibility index (Phi) is 5.49. The van der Waals surface area contributed by atoms with Crippen molar-refractivity contribution in [3.05, 3.63) is 0 Å². The van der Waals surface area contributed by atoms with Gasteiger partial charge < -0.3 is 9.64 Å². The summed E-state index contributed by atoms with van der Waals surface area (Å²) in [7, 11) is 0. The molecule has 0 aromatic rings. The van der Waals surface area contributed by atoms with Crippen molar-refractivity contribution < 1.29 is 9.53 Å². The van der Waals surface area contributed by atoms with Crippen molar-refractivity contribution in [1.82, 2.24) is 4.90 Å². The maximum Gasteiger partial charge on any atom is 0.225 e. The fraction of sp³-hybridized carbons (Fsp3) is 0.929. The van der Waals surface area contributed by atoms with E-state index < -0.39 is 0 Å². The Labute approximate surface area is 118 Å². The fourth-order valence-electron chi connectivity index (χ4n) is 3.09. The highest BCUT2D eigenvalue weighted by Crippen LogP contribution is 2.26. The number of morpholine rings is 1. The van der Waals surface area contributed by atoms with Crippen LogP contribution in [0.15, 0.2) is 0 Å². The summed E-state index contributed by atoms with van der Waals surface area (Å²) < 4.78 is 5.79. The van der Waals surface area contributed by atoms with Gasteiger partial charge in [0.1, 0.15) is 0 Å². The molecule has 0 spiro atoms. The zero-order chi connectivity index (χ0) is 13.0. The van der Waals surface area contributed by atoms with Crippen LogP contribution in [0.5, 0.6) is 0 Å². The molecule has 1 saturated carbocycles. The lowest BCUT2D eigenvalue weighted by atomic mass is 9.98. The molecule has 2 fully saturated rings. The van der Waals surface area contributed by atoms with Crippen LogP contribution in [0.3, 0.4) is 0 Å². The predicted molar refractivity (Wildman–Crippen MR) is 75.9 cm³/mol. The number of hydrogen-bond acceptors (Lipinski definition) is 2. The fourth-order valence-corrected chi connectivity index (χ4v) is 3.45. The van der Waals surface area contributed by atoms with Crippen molar-refractivity contribution in [2.75, 3.05) is 18.4 Å². The van der Waals surface area contributed by atoms with E-state index in [0.717, 1.165) is 31.3 Å². The number of carbonyl (C=O) groups excluding carboxylic acids is 1. The second kappa shape index (κ2) is 6.90. The van der Waals surface area contributed by atoms with Gasteiger partial charge in [-0.15, -0.1) is 0 Å². The molecule has 18 heavy (non-hydrogen) atoms. The third-order valence-electron chi connectivity index (χ3n) is 4.01. The summed E-state index contributed by atoms with van der Waals surface area (Å²) in [4.78, 5) is 14.6. The monoisotopic (exact) mass is 317 g/mol. The van der Waals surface area contributed by atoms with Gasteiger partial charge in [0.2, 0.25) is 5.91 Å². The van der Waals surface area contributed by atoms with Crippen LogP contribution in [-0.4, -0.2) is 41.4 Å². The second-order valence-electron chi connectivity index (χ2n) is 5.65. The van der Waals surface area contributed by atoms with Gasteiger partial charge in [-0.2, -0.15) is 0 Å². The Bertz CT molecular complexity index is 277. The maximum absolute atomic E-state index is 12.6. The Morgan fingerprint density at radius 1 is 1.22 bits per heavy atom. The number of halogens is 1. The lowest BCUT2D eigenvalue weighted by molar-refractivity contribution is -0.147. The molecule has 2 rings (SSSR count). The first kappa shape index (κ1) is 14.3. The van der Waals surface area contributed by atoms with Gasteiger partial charge in [-0.1, -0.05) is 41.6 Å². The van der Waals surface area contributed by atoms with Crippen molar-refractivity contribution >= 4 is 21.8 Å². The predicted octanol–water partition coefficient (Wildman–Crippen LogP) is 2.97. The zero-order valence-corrected chi connectivity index (χ0v) is 12.8. The van der Waals surface area contributed by atoms with Crippen LogP contribution in [0.4, 0.5) is 0 Å². The highest BCUT2D eigenvalue weighted by atomic mass is 79.9. The van der Waals surface area contributed by atoms with E-state index in [1.807, 2.05) is 4.90 Å². The van der Waals surface area contributed by atoms with Crippen LogP contribution in [0, 0.1) is 5.92 Å². The average Bonchev–Trinajstić information content (AvgIpc) is 2.65. The first-order chi connectivity index (χ1) is 8.70. The van der Waals surface area contributed by atoms with E-state index in [1.165, 1.54) is 25.7 Å². The van der Waals surface area contributed by atoms with Crippen molar-refractivity contribution in [2.24, 2.45) is 5.92 Å². The molecule has 1 amide bonds. The highest BCUT2D eigenvalue weighted by molar-refractivity contribution is 9.09. The molecule has 0 N–H and O–H groups in total. The molecule has 0 radical (unpaired) electrons. The summed E-state index contributed by atoms with van der Waals surface area (Å²) in [5.41, 5.74) is 0. The molecular formula is C14H24BrNO2. The number of carbonyl (C=O) groups is 1. The smallest absolute Gasteiger partial charge is 0.225 e. The van der Waals surface area contributed by atoms with Crippen LogP contribution in [0.1, 0.15) is 45.4 Å². The highest BCUT2D eigenvalue weighted by Gasteiger charge is 2.31. The topological polar surface area (TPSA) is 29.5 Å². The summed E-state index contributed by atoms with van der Waals surface area (Å²) in [6, 6.07) is 0. The number of ether oxygens (including phenoxy) is 1. The Hall–Kier alpha value is -0.0900. The third-order valence-corrected chi connectivity index (χ3v) is 4.74. The Morgan fingerprint density at radius 3 is 2.50 bits per heavy atom. The SMILES string of the molecule is CC1CN(C(=O)C2CCCCCC2)CC(CBr)O1. The van der Waals surface area contributed by atoms with Crippen molar-refractivity contribution in [3.63, 3.8) is 0 Å². The molecule has 1 saturated heterocycles. The molecule has 0 aromatic heterocycles. The van der Waals surface area contributed by atoms with E-state index in [9.17, 15) is 4.79 Å². The van der Waals surface area contributed by atoms with Crippen molar-refractivity contribution in [1.29, 1.82) is 0 Å². The molecular weight excluding hydrogens is 294 g/mol. The minimum absolute atomic E-state index is 0.156. The largest absolute Gasteiger partial charge is 0.371 e. The molecule has 4 heteroatoms. The molecule has 1 aliphatic carbocycles. The molecule has 0 aromatic carbocycles. The van der Waals surface area contributed by atoms with Crippen molar-refractivity contribution in [2.45, 2.75) is 57.7 Å². The molecule has 2 aliphatic rings. The minimum Gasteiger partial charge on any atom is -0.371 e. The van der Waals surface area contributed by atoms with E-state index in [1.54, 1.807) is 0 Å². The maximum atomic E-state index is 12.6. The molecule has 1 heterocycles. The van der Waals surface area contributed by atoms with Crippen LogP contribution < -0.4 is 0 Å². The summed E-state index contributed by atoms with van der Waals surface area (Å²) in [6.45, 7) is 3.58. The Morgan fingerprint density at radius 2 is 1.89 bits per heavy atom. The van der Waals surface area contributed by atoms with E-state index >= 15 is 0 Å². The van der Waals surface area contributed by atoms with Crippen LogP contribution in [-0.2, 0) is 9.53 Å². The van der Waals surface area contributed by atoms with E-state index in [2.05, 4.69) is 22.9 Å². The number of hydrogen-bond donors (Lipinski definition) is 0. The first-order valence-electron chi connectivity index (χ1n) is 7.21. The van der Waals surface area contributed by atoms with Gasteiger partial charge in [0.05, 0.1) is 12.2 Å². The van der Waals surface area contributed by atoms with E-state index in [-0.39, 0.29) is 18.1 Å². The molecule has 2 unspecified atom stereocenters. The van der Waals surface area contributed by atoms with Gasteiger partial charge in [-0.25, -0.2) is 0 Å². The van der Waals surface area contributed by atoms with Crippen LogP contribution >= 0.6 is 15.9 Å². The quantitative estimate of drug-likeness (QED) is 0.579. The standard InChI is InChI=1S/C14H24BrNO2/c1-11-9-16(10-13(8-15)18-11)14(17)12-6-4-2-3-5-7-12/h11-13H,2-10H2,1H3. The number of alkyl halides is 1. The molecule has 2 atom stereocenters. The van der Waals surface area contributed by atoms with Gasteiger partial charge in [-0.3, -0.25) is 4.79 Å². The van der Waals surface area contributed by atoms with Gasteiger partial charge >= 0.3 is 0 Å². The Balaban J connectivity index is 1.94. The van der Waals surface area contributed by atoms with Crippen LogP contribution in [0.2, 0.25) is 0 Å². The zero-order valence-electron chi connectivity index (χ0n) is 11.2. The summed E-state index contributed by atoms with van der Waals surface area (Å²) in [6.07, 6.45) is 7.53. The van der Waals surface area contributed by atoms with E-state index in [4.69, 9.17) is 4.74 Å². The summed E-state index contributed by atoms with van der Waals surface area (Å²) >= 11 is 3.46. The molecule has 0 bridgehead atoms. The number of rotatable bonds is 2. The third kappa shape index (κ3) is 3.70. The lowest BCUT2D eigenvalue weighted by Gasteiger charge is -2.37. The van der Waals surface area contributed by atoms with Gasteiger partial charge in [0, 0.05) is 24.3 Å². The van der Waals surface area contributed by atoms with Gasteiger partial charge in [0.25, 0.3) is 0 Å². The van der Waals surface area contributed by atoms with Crippen molar-refractivity contribution in [3.8, 4) is 0 Å². The lowest BCUT2D eigenvalue weighted by Crippen LogP contribution is -2.51. The molecule has 1 aliphatic heterocycles. The molecule has 3 nitrogen and oxygen atoms in total. The minimum atomic E-state index is 0.156. The van der Waals surface area contributed by atoms with Gasteiger partial charge in [0.15, 0.2) is 0 Å². The molecule has 104 valence electrons. The normalized spacial score (nSPS) is 31.1. The number of amides is 1. The summed E-state index contributed by atoms with van der Waals surface area (Å²) in [5.74, 6) is 0.645. The van der Waals surface area contributed by atoms with Gasteiger partial charge in [-0.05, 0) is 19.8 Å². The second-order valence-corrected chi connectivity index (χ2v) is 6.30. The van der Waals surface area contributed by atoms with E-state index in [0.29, 0.717) is 5.91 Å². The average molecular weight is 318 g/mol.